The van der Waals surface area contributed by atoms with Crippen LogP contribution in [0.15, 0.2) is 47.5 Å². The molecule has 2 aromatic heterocycles. The summed E-state index contributed by atoms with van der Waals surface area (Å²) in [5.74, 6) is -0.746. The van der Waals surface area contributed by atoms with Gasteiger partial charge in [0.25, 0.3) is 5.69 Å². The average molecular weight is 467 g/mol. The van der Waals surface area contributed by atoms with Gasteiger partial charge in [0, 0.05) is 30.5 Å². The molecule has 0 spiro atoms. The second-order valence-corrected chi connectivity index (χ2v) is 7.56. The highest BCUT2D eigenvalue weighted by molar-refractivity contribution is 7.98. The third-order valence-corrected chi connectivity index (χ3v) is 5.07. The van der Waals surface area contributed by atoms with Crippen LogP contribution < -0.4 is 11.1 Å². The largest absolute Gasteiger partial charge is 0.469 e. The number of hydrogen-bond acceptors (Lipinski definition) is 8. The molecule has 0 aliphatic heterocycles. The Morgan fingerprint density at radius 3 is 2.61 bits per heavy atom. The summed E-state index contributed by atoms with van der Waals surface area (Å²) in [7, 11) is 1.32. The quantitative estimate of drug-likeness (QED) is 0.221. The van der Waals surface area contributed by atoms with Crippen LogP contribution in [0.3, 0.4) is 0 Å². The molecule has 1 aromatic carbocycles. The fourth-order valence-electron chi connectivity index (χ4n) is 2.69. The Labute approximate surface area is 201 Å². The van der Waals surface area contributed by atoms with E-state index in [2.05, 4.69) is 29.9 Å². The SMILES string of the molecule is [2H]c1c([2H])c(-c2nc(SCc3cccc(CCC(=O)OC)n3)nc(N)c2[N+]#[C-])c([2H])c([2H])c1NC(C)=O. The molecule has 1 amide bonds. The minimum absolute atomic E-state index is 0.142. The Kier molecular flexibility index (Phi) is 6.23. The molecule has 3 N–H and O–H groups in total. The van der Waals surface area contributed by atoms with Crippen molar-refractivity contribution in [2.24, 2.45) is 0 Å². The van der Waals surface area contributed by atoms with Gasteiger partial charge in [0.1, 0.15) is 5.82 Å². The van der Waals surface area contributed by atoms with Crippen molar-refractivity contribution in [1.29, 1.82) is 0 Å². The number of nitrogens with one attached hydrogen (secondary N) is 1. The molecule has 0 radical (unpaired) electrons. The van der Waals surface area contributed by atoms with Crippen LogP contribution in [0.5, 0.6) is 0 Å². The van der Waals surface area contributed by atoms with E-state index >= 15 is 0 Å². The first-order valence-corrected chi connectivity index (χ1v) is 10.6. The molecule has 0 aliphatic rings. The zero-order chi connectivity index (χ0) is 27.3. The van der Waals surface area contributed by atoms with Crippen LogP contribution >= 0.6 is 11.8 Å². The summed E-state index contributed by atoms with van der Waals surface area (Å²) in [6, 6.07) is 3.45. The number of rotatable bonds is 8. The summed E-state index contributed by atoms with van der Waals surface area (Å²) < 4.78 is 38.0. The fourth-order valence-corrected chi connectivity index (χ4v) is 3.45. The number of aryl methyl sites for hydroxylation is 1. The van der Waals surface area contributed by atoms with E-state index in [1.54, 1.807) is 18.2 Å². The molecule has 0 atom stereocenters. The number of carbonyl (C=O) groups excluding carboxylic acids is 2. The number of nitrogens with zero attached hydrogens (tertiary/aromatic N) is 4. The van der Waals surface area contributed by atoms with Crippen molar-refractivity contribution in [3.63, 3.8) is 0 Å². The van der Waals surface area contributed by atoms with Crippen molar-refractivity contribution < 1.29 is 19.8 Å². The van der Waals surface area contributed by atoms with Crippen LogP contribution in [0.2, 0.25) is 0 Å². The number of benzene rings is 1. The van der Waals surface area contributed by atoms with Gasteiger partial charge in [0.15, 0.2) is 5.16 Å². The van der Waals surface area contributed by atoms with Crippen LogP contribution in [-0.2, 0) is 26.5 Å². The Morgan fingerprint density at radius 2 is 1.94 bits per heavy atom. The van der Waals surface area contributed by atoms with Gasteiger partial charge in [-0.05, 0) is 29.8 Å². The zero-order valence-electron chi connectivity index (χ0n) is 21.9. The lowest BCUT2D eigenvalue weighted by molar-refractivity contribution is -0.140. The second kappa shape index (κ2) is 11.1. The lowest BCUT2D eigenvalue weighted by atomic mass is 10.1. The van der Waals surface area contributed by atoms with Crippen molar-refractivity contribution in [3.05, 3.63) is 65.2 Å². The monoisotopic (exact) mass is 466 g/mol. The second-order valence-electron chi connectivity index (χ2n) is 6.62. The molecule has 0 saturated heterocycles. The number of aromatic nitrogens is 3. The number of amides is 1. The number of nitrogen functional groups attached to an aromatic ring is 1. The predicted molar refractivity (Wildman–Crippen MR) is 127 cm³/mol. The van der Waals surface area contributed by atoms with Crippen LogP contribution in [0.1, 0.15) is 30.2 Å². The molecule has 3 rings (SSSR count). The third-order valence-electron chi connectivity index (χ3n) is 4.19. The lowest BCUT2D eigenvalue weighted by Gasteiger charge is -2.10. The van der Waals surface area contributed by atoms with E-state index in [4.69, 9.17) is 17.8 Å². The smallest absolute Gasteiger partial charge is 0.305 e. The maximum atomic E-state index is 11.5. The summed E-state index contributed by atoms with van der Waals surface area (Å²) in [5, 5.41) is 2.45. The number of pyridine rings is 1. The van der Waals surface area contributed by atoms with Crippen molar-refractivity contribution >= 4 is 40.8 Å². The zero-order valence-corrected chi connectivity index (χ0v) is 18.7. The molecule has 9 nitrogen and oxygen atoms in total. The first kappa shape index (κ1) is 18.6. The Hall–Kier alpha value is -3.97. The maximum Gasteiger partial charge on any atom is 0.305 e. The number of anilines is 2. The van der Waals surface area contributed by atoms with Gasteiger partial charge < -0.3 is 15.8 Å². The van der Waals surface area contributed by atoms with Crippen molar-refractivity contribution in [2.45, 2.75) is 30.7 Å². The average Bonchev–Trinajstić information content (AvgIpc) is 2.87. The van der Waals surface area contributed by atoms with Crippen molar-refractivity contribution in [3.8, 4) is 11.3 Å². The number of thioether (sulfide) groups is 1. The molecule has 3 aromatic rings. The topological polar surface area (TPSA) is 124 Å². The highest BCUT2D eigenvalue weighted by Crippen LogP contribution is 2.35. The molecule has 0 saturated carbocycles. The summed E-state index contributed by atoms with van der Waals surface area (Å²) in [6.45, 7) is 8.70. The fraction of sp³-hybridized carbons (Fsp3) is 0.217. The summed E-state index contributed by atoms with van der Waals surface area (Å²) in [6.07, 6.45) is 0.610. The summed E-state index contributed by atoms with van der Waals surface area (Å²) in [5.41, 5.74) is 6.53. The molecular weight excluding hydrogens is 440 g/mol. The van der Waals surface area contributed by atoms with Crippen molar-refractivity contribution in [2.75, 3.05) is 18.2 Å². The summed E-state index contributed by atoms with van der Waals surface area (Å²) >= 11 is 1.15. The lowest BCUT2D eigenvalue weighted by Crippen LogP contribution is -2.05. The minimum atomic E-state index is -0.552. The van der Waals surface area contributed by atoms with Gasteiger partial charge in [-0.2, -0.15) is 0 Å². The molecule has 0 aliphatic carbocycles. The predicted octanol–water partition coefficient (Wildman–Crippen LogP) is 4.03. The van der Waals surface area contributed by atoms with Gasteiger partial charge in [0.2, 0.25) is 5.91 Å². The van der Waals surface area contributed by atoms with Gasteiger partial charge >= 0.3 is 5.97 Å². The minimum Gasteiger partial charge on any atom is -0.469 e. The molecule has 33 heavy (non-hydrogen) atoms. The first-order chi connectivity index (χ1) is 17.6. The third kappa shape index (κ3) is 6.51. The van der Waals surface area contributed by atoms with Crippen LogP contribution in [0, 0.1) is 6.57 Å². The van der Waals surface area contributed by atoms with Crippen LogP contribution in [0.4, 0.5) is 17.2 Å². The van der Waals surface area contributed by atoms with Gasteiger partial charge in [-0.25, -0.2) is 14.8 Å². The summed E-state index contributed by atoms with van der Waals surface area (Å²) in [4.78, 5) is 39.2. The number of ether oxygens (including phenoxy) is 1. The molecule has 0 fully saturated rings. The normalized spacial score (nSPS) is 12.0. The van der Waals surface area contributed by atoms with Gasteiger partial charge in [0.05, 0.1) is 37.0 Å². The highest BCUT2D eigenvalue weighted by Gasteiger charge is 2.15. The van der Waals surface area contributed by atoms with Crippen LogP contribution in [-0.4, -0.2) is 33.9 Å². The highest BCUT2D eigenvalue weighted by atomic mass is 32.2. The molecule has 10 heteroatoms. The van der Waals surface area contributed by atoms with E-state index in [0.717, 1.165) is 11.8 Å². The maximum absolute atomic E-state index is 11.5. The number of methoxy groups -OCH3 is 1. The van der Waals surface area contributed by atoms with E-state index in [0.29, 0.717) is 23.6 Å². The van der Waals surface area contributed by atoms with Gasteiger partial charge in [-0.3, -0.25) is 14.6 Å². The molecule has 168 valence electrons. The number of nitrogens with two attached hydrogens (primary N) is 1. The van der Waals surface area contributed by atoms with Gasteiger partial charge in [-0.15, -0.1) is 0 Å². The standard InChI is InChI=1S/C23H22N6O3S/c1-14(30)26-17-9-7-15(8-10-17)20-21(25-2)22(24)29-23(28-20)33-13-18-6-4-5-16(27-18)11-12-19(31)32-3/h4-10H,11-13H2,1,3H3,(H,26,30)(H2,24,28,29)/i7D,8D,9D,10D. The van der Waals surface area contributed by atoms with Crippen molar-refractivity contribution in [1.82, 2.24) is 15.0 Å². The number of esters is 1. The first-order valence-electron chi connectivity index (χ1n) is 11.6. The molecule has 0 bridgehead atoms. The Bertz CT molecular complexity index is 1400. The number of hydrogen-bond donors (Lipinski definition) is 2. The number of carbonyl (C=O) groups is 2. The molecule has 0 unspecified atom stereocenters. The molecular formula is C23H22N6O3S. The molecule has 2 heterocycles. The van der Waals surface area contributed by atoms with E-state index in [1.807, 2.05) is 0 Å². The van der Waals surface area contributed by atoms with E-state index in [1.165, 1.54) is 14.0 Å². The van der Waals surface area contributed by atoms with Crippen LogP contribution in [0.25, 0.3) is 16.1 Å². The Morgan fingerprint density at radius 1 is 1.21 bits per heavy atom. The van der Waals surface area contributed by atoms with Gasteiger partial charge in [-0.1, -0.05) is 29.9 Å². The van der Waals surface area contributed by atoms with E-state index < -0.39 is 30.1 Å². The van der Waals surface area contributed by atoms with E-state index in [9.17, 15) is 9.59 Å². The van der Waals surface area contributed by atoms with E-state index in [-0.39, 0.29) is 46.0 Å². The Balaban J connectivity index is 1.98.